The highest BCUT2D eigenvalue weighted by atomic mass is 79.9. The van der Waals surface area contributed by atoms with Crippen LogP contribution in [0.15, 0.2) is 16.6 Å². The zero-order valence-electron chi connectivity index (χ0n) is 9.96. The first-order chi connectivity index (χ1) is 7.56. The number of aromatic hydroxyl groups is 1. The minimum Gasteiger partial charge on any atom is -0.506 e. The Morgan fingerprint density at radius 2 is 2.00 bits per heavy atom. The minimum atomic E-state index is 0.376. The normalized spacial score (nSPS) is 11.1. The molecule has 0 unspecified atom stereocenters. The number of benzene rings is 1. The lowest BCUT2D eigenvalue weighted by molar-refractivity contribution is 0.462. The lowest BCUT2D eigenvalue weighted by Gasteiger charge is -2.12. The van der Waals surface area contributed by atoms with Gasteiger partial charge in [-0.3, -0.25) is 0 Å². The average Bonchev–Trinajstić information content (AvgIpc) is 2.24. The van der Waals surface area contributed by atoms with Gasteiger partial charge in [-0.05, 0) is 64.8 Å². The zero-order valence-corrected chi connectivity index (χ0v) is 11.5. The van der Waals surface area contributed by atoms with E-state index in [2.05, 4.69) is 35.8 Å². The summed E-state index contributed by atoms with van der Waals surface area (Å²) in [6.45, 7) is 5.02. The van der Waals surface area contributed by atoms with Crippen LogP contribution in [-0.4, -0.2) is 11.7 Å². The Labute approximate surface area is 106 Å². The SMILES string of the molecule is CC(C)c1cc(Br)c(O)c(CCCCN)c1. The summed E-state index contributed by atoms with van der Waals surface area (Å²) in [4.78, 5) is 0. The third-order valence-corrected chi connectivity index (χ3v) is 3.34. The van der Waals surface area contributed by atoms with Crippen LogP contribution >= 0.6 is 15.9 Å². The van der Waals surface area contributed by atoms with Crippen molar-refractivity contribution in [2.45, 2.75) is 39.0 Å². The van der Waals surface area contributed by atoms with Crippen LogP contribution in [0.25, 0.3) is 0 Å². The van der Waals surface area contributed by atoms with E-state index >= 15 is 0 Å². The van der Waals surface area contributed by atoms with Gasteiger partial charge >= 0.3 is 0 Å². The molecule has 0 radical (unpaired) electrons. The van der Waals surface area contributed by atoms with Crippen molar-refractivity contribution in [1.82, 2.24) is 0 Å². The largest absolute Gasteiger partial charge is 0.506 e. The molecule has 0 aliphatic carbocycles. The van der Waals surface area contributed by atoms with Crippen LogP contribution in [0.1, 0.15) is 43.7 Å². The van der Waals surface area contributed by atoms with Crippen molar-refractivity contribution >= 4 is 15.9 Å². The number of halogens is 1. The molecule has 1 rings (SSSR count). The van der Waals surface area contributed by atoms with Crippen LogP contribution in [0.3, 0.4) is 0 Å². The number of aryl methyl sites for hydroxylation is 1. The Balaban J connectivity index is 2.88. The van der Waals surface area contributed by atoms with Crippen LogP contribution in [0, 0.1) is 0 Å². The maximum Gasteiger partial charge on any atom is 0.132 e. The molecule has 0 bridgehead atoms. The molecule has 0 saturated carbocycles. The van der Waals surface area contributed by atoms with E-state index in [1.54, 1.807) is 0 Å². The van der Waals surface area contributed by atoms with Gasteiger partial charge in [0.1, 0.15) is 5.75 Å². The summed E-state index contributed by atoms with van der Waals surface area (Å²) in [5.41, 5.74) is 7.74. The van der Waals surface area contributed by atoms with Gasteiger partial charge in [0.15, 0.2) is 0 Å². The Morgan fingerprint density at radius 1 is 1.31 bits per heavy atom. The number of phenolic OH excluding ortho intramolecular Hbond substituents is 1. The maximum atomic E-state index is 9.92. The van der Waals surface area contributed by atoms with Gasteiger partial charge in [-0.15, -0.1) is 0 Å². The van der Waals surface area contributed by atoms with Crippen LogP contribution in [0.4, 0.5) is 0 Å². The fourth-order valence-electron chi connectivity index (χ4n) is 1.66. The van der Waals surface area contributed by atoms with Crippen LogP contribution in [-0.2, 0) is 6.42 Å². The summed E-state index contributed by atoms with van der Waals surface area (Å²) in [6.07, 6.45) is 2.92. The summed E-state index contributed by atoms with van der Waals surface area (Å²) in [5, 5.41) is 9.92. The lowest BCUT2D eigenvalue weighted by Crippen LogP contribution is -2.00. The van der Waals surface area contributed by atoms with Gasteiger partial charge < -0.3 is 10.8 Å². The molecule has 0 aromatic heterocycles. The summed E-state index contributed by atoms with van der Waals surface area (Å²) >= 11 is 3.40. The molecule has 0 heterocycles. The number of rotatable bonds is 5. The summed E-state index contributed by atoms with van der Waals surface area (Å²) in [7, 11) is 0. The third kappa shape index (κ3) is 3.49. The highest BCUT2D eigenvalue weighted by Gasteiger charge is 2.09. The summed E-state index contributed by atoms with van der Waals surface area (Å²) in [6, 6.07) is 4.09. The van der Waals surface area contributed by atoms with Crippen molar-refractivity contribution < 1.29 is 5.11 Å². The van der Waals surface area contributed by atoms with Crippen molar-refractivity contribution in [2.24, 2.45) is 5.73 Å². The van der Waals surface area contributed by atoms with Crippen molar-refractivity contribution in [2.75, 3.05) is 6.54 Å². The lowest BCUT2D eigenvalue weighted by atomic mass is 9.98. The fraction of sp³-hybridized carbons (Fsp3) is 0.538. The number of hydrogen-bond acceptors (Lipinski definition) is 2. The van der Waals surface area contributed by atoms with Gasteiger partial charge in [0.2, 0.25) is 0 Å². The second-order valence-electron chi connectivity index (χ2n) is 4.41. The maximum absolute atomic E-state index is 9.92. The van der Waals surface area contributed by atoms with Gasteiger partial charge in [-0.1, -0.05) is 19.9 Å². The highest BCUT2D eigenvalue weighted by molar-refractivity contribution is 9.10. The molecular formula is C13H20BrNO. The van der Waals surface area contributed by atoms with E-state index in [1.165, 1.54) is 5.56 Å². The molecule has 0 atom stereocenters. The fourth-order valence-corrected chi connectivity index (χ4v) is 2.18. The Morgan fingerprint density at radius 3 is 2.56 bits per heavy atom. The van der Waals surface area contributed by atoms with Gasteiger partial charge in [0.05, 0.1) is 4.47 Å². The molecule has 2 nitrogen and oxygen atoms in total. The monoisotopic (exact) mass is 285 g/mol. The predicted molar refractivity (Wildman–Crippen MR) is 71.9 cm³/mol. The molecule has 3 heteroatoms. The van der Waals surface area contributed by atoms with Crippen molar-refractivity contribution in [3.63, 3.8) is 0 Å². The minimum absolute atomic E-state index is 0.376. The van der Waals surface area contributed by atoms with Crippen molar-refractivity contribution in [1.29, 1.82) is 0 Å². The molecule has 0 spiro atoms. The molecule has 3 N–H and O–H groups in total. The number of hydrogen-bond donors (Lipinski definition) is 2. The molecule has 1 aromatic rings. The van der Waals surface area contributed by atoms with Crippen LogP contribution in [0.5, 0.6) is 5.75 Å². The van der Waals surface area contributed by atoms with Crippen molar-refractivity contribution in [3.8, 4) is 5.75 Å². The van der Waals surface area contributed by atoms with E-state index in [0.717, 1.165) is 29.3 Å². The Kier molecular flexibility index (Phi) is 5.29. The molecule has 1 aromatic carbocycles. The first-order valence-electron chi connectivity index (χ1n) is 5.77. The van der Waals surface area contributed by atoms with Gasteiger partial charge in [-0.2, -0.15) is 0 Å². The number of phenols is 1. The van der Waals surface area contributed by atoms with E-state index in [0.29, 0.717) is 18.2 Å². The van der Waals surface area contributed by atoms with Crippen LogP contribution in [0.2, 0.25) is 0 Å². The molecule has 0 aliphatic rings. The first kappa shape index (κ1) is 13.5. The molecule has 90 valence electrons. The molecule has 0 amide bonds. The highest BCUT2D eigenvalue weighted by Crippen LogP contribution is 2.32. The zero-order chi connectivity index (χ0) is 12.1. The summed E-state index contributed by atoms with van der Waals surface area (Å²) < 4.78 is 0.793. The standard InChI is InChI=1S/C13H20BrNO/c1-9(2)11-7-10(5-3-4-6-15)13(16)12(14)8-11/h7-9,16H,3-6,15H2,1-2H3. The van der Waals surface area contributed by atoms with E-state index in [1.807, 2.05) is 6.07 Å². The molecule has 0 fully saturated rings. The topological polar surface area (TPSA) is 46.2 Å². The quantitative estimate of drug-likeness (QED) is 0.813. The molecule has 0 saturated heterocycles. The van der Waals surface area contributed by atoms with E-state index in [9.17, 15) is 5.11 Å². The number of nitrogens with two attached hydrogens (primary N) is 1. The smallest absolute Gasteiger partial charge is 0.132 e. The predicted octanol–water partition coefficient (Wildman–Crippen LogP) is 3.56. The first-order valence-corrected chi connectivity index (χ1v) is 6.57. The number of unbranched alkanes of at least 4 members (excludes halogenated alkanes) is 1. The molecular weight excluding hydrogens is 266 g/mol. The Hall–Kier alpha value is -0.540. The van der Waals surface area contributed by atoms with Gasteiger partial charge in [0, 0.05) is 0 Å². The van der Waals surface area contributed by atoms with Crippen molar-refractivity contribution in [3.05, 3.63) is 27.7 Å². The van der Waals surface area contributed by atoms with Gasteiger partial charge in [-0.25, -0.2) is 0 Å². The van der Waals surface area contributed by atoms with E-state index < -0.39 is 0 Å². The second-order valence-corrected chi connectivity index (χ2v) is 5.27. The molecule has 16 heavy (non-hydrogen) atoms. The van der Waals surface area contributed by atoms with Gasteiger partial charge in [0.25, 0.3) is 0 Å². The van der Waals surface area contributed by atoms with Crippen LogP contribution < -0.4 is 5.73 Å². The van der Waals surface area contributed by atoms with E-state index in [-0.39, 0.29) is 0 Å². The second kappa shape index (κ2) is 6.26. The molecule has 0 aliphatic heterocycles. The summed E-state index contributed by atoms with van der Waals surface area (Å²) in [5.74, 6) is 0.853. The Bertz CT molecular complexity index is 350. The third-order valence-electron chi connectivity index (χ3n) is 2.73. The van der Waals surface area contributed by atoms with E-state index in [4.69, 9.17) is 5.73 Å². The average molecular weight is 286 g/mol.